The first-order valence-electron chi connectivity index (χ1n) is 4.72. The second kappa shape index (κ2) is 4.76. The van der Waals surface area contributed by atoms with Crippen molar-refractivity contribution in [2.75, 3.05) is 0 Å². The Morgan fingerprint density at radius 2 is 2.12 bits per heavy atom. The molecule has 0 bridgehead atoms. The fraction of sp³-hybridized carbons (Fsp3) is 0.182. The molecule has 0 aromatic carbocycles. The van der Waals surface area contributed by atoms with Crippen LogP contribution in [-0.4, -0.2) is 15.0 Å². The van der Waals surface area contributed by atoms with Gasteiger partial charge in [-0.1, -0.05) is 11.6 Å². The van der Waals surface area contributed by atoms with Gasteiger partial charge in [-0.3, -0.25) is 4.98 Å². The summed E-state index contributed by atoms with van der Waals surface area (Å²) >= 11 is 11.8. The van der Waals surface area contributed by atoms with Crippen LogP contribution in [0.1, 0.15) is 11.4 Å². The van der Waals surface area contributed by atoms with Crippen molar-refractivity contribution in [1.82, 2.24) is 15.0 Å². The Hall–Kier alpha value is -1.19. The van der Waals surface area contributed by atoms with Gasteiger partial charge in [0.2, 0.25) is 0 Å². The van der Waals surface area contributed by atoms with E-state index in [9.17, 15) is 0 Å². The zero-order valence-electron chi connectivity index (χ0n) is 8.61. The lowest BCUT2D eigenvalue weighted by atomic mass is 10.3. The Morgan fingerprint density at radius 3 is 2.81 bits per heavy atom. The topological polar surface area (TPSA) is 38.7 Å². The van der Waals surface area contributed by atoms with Crippen LogP contribution in [0.2, 0.25) is 5.02 Å². The molecule has 0 radical (unpaired) electrons. The van der Waals surface area contributed by atoms with Crippen molar-refractivity contribution in [3.63, 3.8) is 0 Å². The number of aryl methyl sites for hydroxylation is 1. The third-order valence-electron chi connectivity index (χ3n) is 2.01. The summed E-state index contributed by atoms with van der Waals surface area (Å²) in [4.78, 5) is 12.8. The van der Waals surface area contributed by atoms with Gasteiger partial charge in [0.1, 0.15) is 5.69 Å². The SMILES string of the molecule is Cc1cc(CCl)nc(-c2ncccc2Cl)n1. The monoisotopic (exact) mass is 253 g/mol. The van der Waals surface area contributed by atoms with Gasteiger partial charge >= 0.3 is 0 Å². The molecule has 0 saturated heterocycles. The number of pyridine rings is 1. The average molecular weight is 254 g/mol. The predicted molar refractivity (Wildman–Crippen MR) is 64.6 cm³/mol. The number of halogens is 2. The number of hydrogen-bond donors (Lipinski definition) is 0. The maximum atomic E-state index is 6.03. The van der Waals surface area contributed by atoms with Gasteiger partial charge in [0, 0.05) is 11.9 Å². The molecule has 0 saturated carbocycles. The molecule has 0 fully saturated rings. The molecule has 2 rings (SSSR count). The highest BCUT2D eigenvalue weighted by Gasteiger charge is 2.09. The summed E-state index contributed by atoms with van der Waals surface area (Å²) in [5.41, 5.74) is 2.20. The van der Waals surface area contributed by atoms with E-state index in [1.54, 1.807) is 18.3 Å². The lowest BCUT2D eigenvalue weighted by Crippen LogP contribution is -1.98. The molecule has 0 unspecified atom stereocenters. The molecule has 0 amide bonds. The van der Waals surface area contributed by atoms with E-state index >= 15 is 0 Å². The molecule has 2 aromatic heterocycles. The summed E-state index contributed by atoms with van der Waals surface area (Å²) < 4.78 is 0. The zero-order chi connectivity index (χ0) is 11.5. The molecule has 2 aromatic rings. The number of rotatable bonds is 2. The van der Waals surface area contributed by atoms with Crippen LogP contribution >= 0.6 is 23.2 Å². The number of alkyl halides is 1. The van der Waals surface area contributed by atoms with Crippen LogP contribution in [0.4, 0.5) is 0 Å². The third-order valence-corrected chi connectivity index (χ3v) is 2.59. The fourth-order valence-electron chi connectivity index (χ4n) is 1.36. The largest absolute Gasteiger partial charge is 0.251 e. The first-order valence-corrected chi connectivity index (χ1v) is 5.63. The molecule has 82 valence electrons. The van der Waals surface area contributed by atoms with Crippen molar-refractivity contribution in [2.24, 2.45) is 0 Å². The van der Waals surface area contributed by atoms with Crippen LogP contribution in [0.5, 0.6) is 0 Å². The first-order chi connectivity index (χ1) is 7.70. The molecule has 16 heavy (non-hydrogen) atoms. The third kappa shape index (κ3) is 2.31. The molecule has 0 aliphatic heterocycles. The normalized spacial score (nSPS) is 10.4. The van der Waals surface area contributed by atoms with Gasteiger partial charge in [-0.25, -0.2) is 9.97 Å². The van der Waals surface area contributed by atoms with Crippen molar-refractivity contribution in [3.05, 3.63) is 40.8 Å². The minimum absolute atomic E-state index is 0.348. The van der Waals surface area contributed by atoms with Gasteiger partial charge in [-0.05, 0) is 25.1 Å². The summed E-state index contributed by atoms with van der Waals surface area (Å²) in [6.07, 6.45) is 1.66. The molecule has 0 aliphatic carbocycles. The van der Waals surface area contributed by atoms with E-state index in [0.717, 1.165) is 11.4 Å². The maximum absolute atomic E-state index is 6.03. The zero-order valence-corrected chi connectivity index (χ0v) is 10.1. The smallest absolute Gasteiger partial charge is 0.180 e. The van der Waals surface area contributed by atoms with Crippen molar-refractivity contribution in [2.45, 2.75) is 12.8 Å². The van der Waals surface area contributed by atoms with E-state index in [-0.39, 0.29) is 0 Å². The Bertz CT molecular complexity index is 514. The lowest BCUT2D eigenvalue weighted by molar-refractivity contribution is 1.04. The summed E-state index contributed by atoms with van der Waals surface area (Å²) in [6.45, 7) is 1.89. The van der Waals surface area contributed by atoms with Crippen molar-refractivity contribution < 1.29 is 0 Å². The van der Waals surface area contributed by atoms with Crippen LogP contribution < -0.4 is 0 Å². The minimum Gasteiger partial charge on any atom is -0.251 e. The minimum atomic E-state index is 0.348. The molecule has 2 heterocycles. The van der Waals surface area contributed by atoms with Gasteiger partial charge in [-0.2, -0.15) is 0 Å². The van der Waals surface area contributed by atoms with Crippen molar-refractivity contribution in [1.29, 1.82) is 0 Å². The van der Waals surface area contributed by atoms with E-state index in [4.69, 9.17) is 23.2 Å². The summed E-state index contributed by atoms with van der Waals surface area (Å²) in [7, 11) is 0. The number of nitrogens with zero attached hydrogens (tertiary/aromatic N) is 3. The van der Waals surface area contributed by atoms with Gasteiger partial charge in [-0.15, -0.1) is 11.6 Å². The first kappa shape index (κ1) is 11.3. The maximum Gasteiger partial charge on any atom is 0.180 e. The van der Waals surface area contributed by atoms with Crippen LogP contribution in [0.25, 0.3) is 11.5 Å². The Labute approximate surface area is 103 Å². The van der Waals surface area contributed by atoms with E-state index in [2.05, 4.69) is 15.0 Å². The van der Waals surface area contributed by atoms with Crippen LogP contribution in [0.15, 0.2) is 24.4 Å². The molecule has 0 N–H and O–H groups in total. The second-order valence-electron chi connectivity index (χ2n) is 3.29. The molecular weight excluding hydrogens is 245 g/mol. The molecule has 5 heteroatoms. The molecule has 0 atom stereocenters. The van der Waals surface area contributed by atoms with Gasteiger partial charge < -0.3 is 0 Å². The van der Waals surface area contributed by atoms with Gasteiger partial charge in [0.25, 0.3) is 0 Å². The predicted octanol–water partition coefficient (Wildman–Crippen LogP) is 3.24. The lowest BCUT2D eigenvalue weighted by Gasteiger charge is -2.04. The highest BCUT2D eigenvalue weighted by molar-refractivity contribution is 6.32. The average Bonchev–Trinajstić information content (AvgIpc) is 2.28. The molecule has 0 spiro atoms. The number of hydrogen-bond acceptors (Lipinski definition) is 3. The fourth-order valence-corrected chi connectivity index (χ4v) is 1.70. The molecule has 3 nitrogen and oxygen atoms in total. The van der Waals surface area contributed by atoms with E-state index in [1.807, 2.05) is 13.0 Å². The van der Waals surface area contributed by atoms with Crippen molar-refractivity contribution in [3.8, 4) is 11.5 Å². The van der Waals surface area contributed by atoms with Gasteiger partial charge in [0.15, 0.2) is 5.82 Å². The number of aromatic nitrogens is 3. The van der Waals surface area contributed by atoms with Crippen LogP contribution in [0, 0.1) is 6.92 Å². The summed E-state index contributed by atoms with van der Waals surface area (Å²) in [6, 6.07) is 5.37. The van der Waals surface area contributed by atoms with Gasteiger partial charge in [0.05, 0.1) is 16.6 Å². The Kier molecular flexibility index (Phi) is 3.36. The second-order valence-corrected chi connectivity index (χ2v) is 3.97. The Morgan fingerprint density at radius 1 is 1.31 bits per heavy atom. The molecule has 0 aliphatic rings. The highest BCUT2D eigenvalue weighted by Crippen LogP contribution is 2.22. The standard InChI is InChI=1S/C11H9Cl2N3/c1-7-5-8(6-12)16-11(15-7)10-9(13)3-2-4-14-10/h2-5H,6H2,1H3. The van der Waals surface area contributed by atoms with E-state index < -0.39 is 0 Å². The van der Waals surface area contributed by atoms with E-state index in [1.165, 1.54) is 0 Å². The quantitative estimate of drug-likeness (QED) is 0.772. The van der Waals surface area contributed by atoms with Crippen molar-refractivity contribution >= 4 is 23.2 Å². The highest BCUT2D eigenvalue weighted by atomic mass is 35.5. The summed E-state index contributed by atoms with van der Waals surface area (Å²) in [5.74, 6) is 0.863. The molecular formula is C11H9Cl2N3. The van der Waals surface area contributed by atoms with Crippen LogP contribution in [-0.2, 0) is 5.88 Å². The summed E-state index contributed by atoms with van der Waals surface area (Å²) in [5, 5.41) is 0.536. The Balaban J connectivity index is 2.56. The van der Waals surface area contributed by atoms with E-state index in [0.29, 0.717) is 22.4 Å². The van der Waals surface area contributed by atoms with Crippen LogP contribution in [0.3, 0.4) is 0 Å².